The number of aliphatic hydroxyl groups is 2. The van der Waals surface area contributed by atoms with Gasteiger partial charge in [0.2, 0.25) is 0 Å². The van der Waals surface area contributed by atoms with Crippen molar-refractivity contribution in [1.29, 1.82) is 0 Å². The van der Waals surface area contributed by atoms with Crippen molar-refractivity contribution in [3.8, 4) is 0 Å². The lowest BCUT2D eigenvalue weighted by Gasteiger charge is -2.60. The highest BCUT2D eigenvalue weighted by Gasteiger charge is 2.58. The van der Waals surface area contributed by atoms with Gasteiger partial charge in [-0.1, -0.05) is 56.7 Å². The number of allylic oxidation sites excluding steroid dienone is 3. The van der Waals surface area contributed by atoms with E-state index < -0.39 is 11.4 Å². The predicted octanol–water partition coefficient (Wildman–Crippen LogP) is 6.54. The summed E-state index contributed by atoms with van der Waals surface area (Å²) in [4.78, 5) is 12.9. The Labute approximate surface area is 207 Å². The number of aliphatic carboxylic acids is 1. The molecule has 0 radical (unpaired) electrons. The van der Waals surface area contributed by atoms with E-state index in [1.165, 1.54) is 5.57 Å². The molecule has 4 nitrogen and oxygen atoms in total. The molecule has 3 saturated carbocycles. The molecule has 3 N–H and O–H groups in total. The van der Waals surface area contributed by atoms with E-state index in [4.69, 9.17) is 0 Å². The molecular weight excluding hydrogens is 424 g/mol. The maximum absolute atomic E-state index is 12.9. The minimum Gasteiger partial charge on any atom is -0.481 e. The van der Waals surface area contributed by atoms with Gasteiger partial charge in [-0.05, 0) is 106 Å². The van der Waals surface area contributed by atoms with Crippen molar-refractivity contribution in [2.75, 3.05) is 6.61 Å². The minimum absolute atomic E-state index is 0.0187. The number of carboxylic acid groups (broad SMARTS) is 1. The van der Waals surface area contributed by atoms with Crippen LogP contribution in [0.3, 0.4) is 0 Å². The fourth-order valence-corrected chi connectivity index (χ4v) is 8.25. The van der Waals surface area contributed by atoms with Gasteiger partial charge < -0.3 is 15.3 Å². The van der Waals surface area contributed by atoms with Crippen molar-refractivity contribution in [2.24, 2.45) is 39.9 Å². The van der Waals surface area contributed by atoms with E-state index in [0.717, 1.165) is 68.9 Å². The third-order valence-electron chi connectivity index (χ3n) is 10.7. The summed E-state index contributed by atoms with van der Waals surface area (Å²) in [5.41, 5.74) is 2.49. The van der Waals surface area contributed by atoms with E-state index in [2.05, 4.69) is 33.9 Å². The molecule has 3 aliphatic carbocycles. The number of rotatable bonds is 7. The first-order valence-electron chi connectivity index (χ1n) is 13.3. The van der Waals surface area contributed by atoms with Crippen LogP contribution in [-0.2, 0) is 4.79 Å². The second-order valence-corrected chi connectivity index (χ2v) is 12.7. The van der Waals surface area contributed by atoms with Crippen LogP contribution in [-0.4, -0.2) is 34.0 Å². The molecule has 0 spiro atoms. The van der Waals surface area contributed by atoms with Crippen molar-refractivity contribution in [1.82, 2.24) is 0 Å². The Morgan fingerprint density at radius 1 is 1.06 bits per heavy atom. The van der Waals surface area contributed by atoms with E-state index in [1.807, 2.05) is 19.9 Å². The molecule has 4 heteroatoms. The van der Waals surface area contributed by atoms with Crippen molar-refractivity contribution in [3.63, 3.8) is 0 Å². The molecule has 3 aliphatic rings. The number of carbonyl (C=O) groups is 1. The number of hydrogen-bond donors (Lipinski definition) is 3. The van der Waals surface area contributed by atoms with Crippen LogP contribution in [0, 0.1) is 39.9 Å². The van der Waals surface area contributed by atoms with E-state index in [-0.39, 0.29) is 41.3 Å². The zero-order valence-electron chi connectivity index (χ0n) is 22.2. The molecule has 34 heavy (non-hydrogen) atoms. The van der Waals surface area contributed by atoms with Gasteiger partial charge >= 0.3 is 5.97 Å². The first kappa shape index (κ1) is 27.2. The smallest absolute Gasteiger partial charge is 0.310 e. The molecule has 3 fully saturated rings. The molecular formula is C30H48O4. The van der Waals surface area contributed by atoms with Gasteiger partial charge in [0.15, 0.2) is 0 Å². The Kier molecular flexibility index (Phi) is 7.95. The maximum Gasteiger partial charge on any atom is 0.310 e. The van der Waals surface area contributed by atoms with Crippen molar-refractivity contribution in [3.05, 3.63) is 36.0 Å². The van der Waals surface area contributed by atoms with Crippen molar-refractivity contribution >= 4 is 5.97 Å². The molecule has 3 rings (SSSR count). The van der Waals surface area contributed by atoms with Crippen molar-refractivity contribution < 1.29 is 20.1 Å². The zero-order chi connectivity index (χ0) is 25.5. The Balaban J connectivity index is 1.91. The summed E-state index contributed by atoms with van der Waals surface area (Å²) >= 11 is 0. The number of carboxylic acids is 1. The van der Waals surface area contributed by atoms with E-state index in [1.54, 1.807) is 0 Å². The normalized spacial score (nSPS) is 40.7. The van der Waals surface area contributed by atoms with Crippen LogP contribution in [0.2, 0.25) is 0 Å². The molecule has 1 unspecified atom stereocenters. The number of hydrogen-bond acceptors (Lipinski definition) is 3. The Morgan fingerprint density at radius 3 is 2.29 bits per heavy atom. The van der Waals surface area contributed by atoms with Crippen LogP contribution >= 0.6 is 0 Å². The fourth-order valence-electron chi connectivity index (χ4n) is 8.25. The lowest BCUT2D eigenvalue weighted by atomic mass is 9.45. The van der Waals surface area contributed by atoms with Crippen LogP contribution < -0.4 is 0 Å². The highest BCUT2D eigenvalue weighted by Crippen LogP contribution is 2.63. The van der Waals surface area contributed by atoms with Gasteiger partial charge in [-0.25, -0.2) is 0 Å². The molecule has 0 saturated heterocycles. The predicted molar refractivity (Wildman–Crippen MR) is 138 cm³/mol. The summed E-state index contributed by atoms with van der Waals surface area (Å²) < 4.78 is 0. The summed E-state index contributed by atoms with van der Waals surface area (Å²) in [5.74, 6) is -0.0267. The Bertz CT molecular complexity index is 839. The molecule has 0 heterocycles. The SMILES string of the molecule is C=C1CC[C@H]2C(C)(C)[C@H](O)CC[C@]2(C)C1C[C@@H]1CCC(=C)[C@H](CC/C(C)=C/CO)[C@@]1(C)C(=O)O. The van der Waals surface area contributed by atoms with Crippen LogP contribution in [0.4, 0.5) is 0 Å². The van der Waals surface area contributed by atoms with Gasteiger partial charge in [-0.15, -0.1) is 0 Å². The van der Waals surface area contributed by atoms with Gasteiger partial charge in [-0.3, -0.25) is 4.79 Å². The van der Waals surface area contributed by atoms with Gasteiger partial charge in [0.25, 0.3) is 0 Å². The van der Waals surface area contributed by atoms with E-state index >= 15 is 0 Å². The van der Waals surface area contributed by atoms with E-state index in [9.17, 15) is 20.1 Å². The standard InChI is InChI=1S/C30H48O4/c1-19(15-17-31)8-12-23-20(2)9-11-22(30(23,7)27(33)34)18-24-21(3)10-13-25-28(4,5)26(32)14-16-29(24,25)6/h15,22-26,31-32H,2-3,8-14,16-18H2,1,4-7H3,(H,33,34)/b19-15+/t22-,23-,24?,25-,26+,29+,30-/m0/s1. The van der Waals surface area contributed by atoms with Gasteiger partial charge in [0.05, 0.1) is 18.1 Å². The largest absolute Gasteiger partial charge is 0.481 e. The summed E-state index contributed by atoms with van der Waals surface area (Å²) in [6.45, 7) is 19.6. The summed E-state index contributed by atoms with van der Waals surface area (Å²) in [7, 11) is 0. The average molecular weight is 473 g/mol. The molecule has 0 bridgehead atoms. The third kappa shape index (κ3) is 4.57. The van der Waals surface area contributed by atoms with Crippen LogP contribution in [0.5, 0.6) is 0 Å². The minimum atomic E-state index is -0.859. The molecule has 7 atom stereocenters. The third-order valence-corrected chi connectivity index (χ3v) is 10.7. The lowest BCUT2D eigenvalue weighted by Crippen LogP contribution is -2.56. The van der Waals surface area contributed by atoms with Crippen molar-refractivity contribution in [2.45, 2.75) is 98.5 Å². The zero-order valence-corrected chi connectivity index (χ0v) is 22.2. The van der Waals surface area contributed by atoms with Crippen LogP contribution in [0.15, 0.2) is 36.0 Å². The summed E-state index contributed by atoms with van der Waals surface area (Å²) in [5, 5.41) is 30.6. The summed E-state index contributed by atoms with van der Waals surface area (Å²) in [6, 6.07) is 0. The van der Waals surface area contributed by atoms with Gasteiger partial charge in [0, 0.05) is 0 Å². The van der Waals surface area contributed by atoms with Gasteiger partial charge in [-0.2, -0.15) is 0 Å². The van der Waals surface area contributed by atoms with E-state index in [0.29, 0.717) is 5.92 Å². The Hall–Kier alpha value is -1.39. The molecule has 0 aromatic heterocycles. The van der Waals surface area contributed by atoms with Gasteiger partial charge in [0.1, 0.15) is 0 Å². The maximum atomic E-state index is 12.9. The first-order chi connectivity index (χ1) is 15.8. The quantitative estimate of drug-likeness (QED) is 0.368. The number of aliphatic hydroxyl groups excluding tert-OH is 2. The molecule has 0 aromatic rings. The Morgan fingerprint density at radius 2 is 1.68 bits per heavy atom. The fraction of sp³-hybridized carbons (Fsp3) is 0.767. The molecule has 0 aromatic carbocycles. The molecule has 0 amide bonds. The molecule has 192 valence electrons. The average Bonchev–Trinajstić information content (AvgIpc) is 2.75. The highest BCUT2D eigenvalue weighted by molar-refractivity contribution is 5.76. The highest BCUT2D eigenvalue weighted by atomic mass is 16.4. The molecule has 0 aliphatic heterocycles. The van der Waals surface area contributed by atoms with Crippen LogP contribution in [0.1, 0.15) is 92.4 Å². The monoisotopic (exact) mass is 472 g/mol. The summed E-state index contributed by atoms with van der Waals surface area (Å²) in [6.07, 6.45) is 9.48. The second-order valence-electron chi connectivity index (χ2n) is 12.7. The first-order valence-corrected chi connectivity index (χ1v) is 13.3. The van der Waals surface area contributed by atoms with Crippen LogP contribution in [0.25, 0.3) is 0 Å². The lowest BCUT2D eigenvalue weighted by molar-refractivity contribution is -0.160. The topological polar surface area (TPSA) is 77.8 Å². The second kappa shape index (κ2) is 9.93. The number of fused-ring (bicyclic) bond motifs is 1.